The first-order valence-electron chi connectivity index (χ1n) is 6.49. The van der Waals surface area contributed by atoms with E-state index >= 15 is 0 Å². The highest BCUT2D eigenvalue weighted by atomic mass is 16.5. The van der Waals surface area contributed by atoms with Gasteiger partial charge in [-0.1, -0.05) is 51.1 Å². The molecule has 0 bridgehead atoms. The summed E-state index contributed by atoms with van der Waals surface area (Å²) in [5.41, 5.74) is 5.68. The Balaban J connectivity index is 0. The van der Waals surface area contributed by atoms with E-state index in [0.717, 1.165) is 6.42 Å². The van der Waals surface area contributed by atoms with Crippen molar-refractivity contribution in [3.63, 3.8) is 0 Å². The first-order valence-corrected chi connectivity index (χ1v) is 6.49. The Hall–Kier alpha value is -1.84. The average molecular weight is 267 g/mol. The molecule has 4 heteroatoms. The SMILES string of the molecule is CC.CCC(=O)CCc1ccccc1.COC(N)=O. The number of carbonyl (C=O) groups excluding carboxylic acids is 2. The molecule has 0 heterocycles. The third kappa shape index (κ3) is 14.1. The zero-order valence-corrected chi connectivity index (χ0v) is 12.3. The van der Waals surface area contributed by atoms with E-state index in [0.29, 0.717) is 18.6 Å². The van der Waals surface area contributed by atoms with Crippen molar-refractivity contribution in [3.05, 3.63) is 35.9 Å². The number of primary amides is 1. The van der Waals surface area contributed by atoms with Crippen LogP contribution in [-0.4, -0.2) is 19.0 Å². The average Bonchev–Trinajstić information content (AvgIpc) is 2.48. The van der Waals surface area contributed by atoms with Gasteiger partial charge < -0.3 is 10.5 Å². The number of carbonyl (C=O) groups is 2. The second-order valence-corrected chi connectivity index (χ2v) is 3.40. The largest absolute Gasteiger partial charge is 0.453 e. The van der Waals surface area contributed by atoms with Gasteiger partial charge in [-0.2, -0.15) is 0 Å². The highest BCUT2D eigenvalue weighted by Crippen LogP contribution is 2.03. The summed E-state index contributed by atoms with van der Waals surface area (Å²) >= 11 is 0. The van der Waals surface area contributed by atoms with E-state index < -0.39 is 6.09 Å². The molecule has 4 nitrogen and oxygen atoms in total. The molecular weight excluding hydrogens is 242 g/mol. The van der Waals surface area contributed by atoms with E-state index in [4.69, 9.17) is 0 Å². The summed E-state index contributed by atoms with van der Waals surface area (Å²) in [5.74, 6) is 0.346. The lowest BCUT2D eigenvalue weighted by atomic mass is 10.1. The smallest absolute Gasteiger partial charge is 0.404 e. The lowest BCUT2D eigenvalue weighted by Crippen LogP contribution is -2.08. The van der Waals surface area contributed by atoms with Gasteiger partial charge in [0.2, 0.25) is 0 Å². The number of Topliss-reactive ketones (excluding diaryl/α,β-unsaturated/α-hetero) is 1. The second-order valence-electron chi connectivity index (χ2n) is 3.40. The van der Waals surface area contributed by atoms with Crippen LogP contribution >= 0.6 is 0 Å². The van der Waals surface area contributed by atoms with Gasteiger partial charge in [-0.15, -0.1) is 0 Å². The quantitative estimate of drug-likeness (QED) is 0.909. The van der Waals surface area contributed by atoms with Crippen LogP contribution in [0.4, 0.5) is 4.79 Å². The Kier molecular flexibility index (Phi) is 14.6. The van der Waals surface area contributed by atoms with Crippen molar-refractivity contribution in [2.75, 3.05) is 7.11 Å². The number of amides is 1. The van der Waals surface area contributed by atoms with Crippen molar-refractivity contribution in [2.24, 2.45) is 5.73 Å². The molecule has 1 amide bonds. The Labute approximate surface area is 116 Å². The number of hydrogen-bond acceptors (Lipinski definition) is 3. The molecule has 0 saturated heterocycles. The zero-order chi connectivity index (χ0) is 15.1. The number of methoxy groups -OCH3 is 1. The molecule has 0 unspecified atom stereocenters. The molecule has 108 valence electrons. The fourth-order valence-electron chi connectivity index (χ4n) is 1.11. The van der Waals surface area contributed by atoms with Gasteiger partial charge in [0.05, 0.1) is 7.11 Å². The molecule has 0 spiro atoms. The summed E-state index contributed by atoms with van der Waals surface area (Å²) in [6.07, 6.45) is 1.48. The van der Waals surface area contributed by atoms with Crippen LogP contribution in [0.5, 0.6) is 0 Å². The fourth-order valence-corrected chi connectivity index (χ4v) is 1.11. The Bertz CT molecular complexity index is 337. The highest BCUT2D eigenvalue weighted by Gasteiger charge is 1.98. The zero-order valence-electron chi connectivity index (χ0n) is 12.3. The Morgan fingerprint density at radius 2 is 1.63 bits per heavy atom. The van der Waals surface area contributed by atoms with E-state index in [9.17, 15) is 9.59 Å². The molecule has 0 radical (unpaired) electrons. The van der Waals surface area contributed by atoms with Gasteiger partial charge in [0.15, 0.2) is 0 Å². The van der Waals surface area contributed by atoms with Gasteiger partial charge in [0, 0.05) is 12.8 Å². The van der Waals surface area contributed by atoms with Crippen LogP contribution in [-0.2, 0) is 16.0 Å². The number of hydrogen-bond donors (Lipinski definition) is 1. The minimum atomic E-state index is -0.745. The highest BCUT2D eigenvalue weighted by molar-refractivity contribution is 5.78. The number of ether oxygens (including phenoxy) is 1. The Morgan fingerprint density at radius 3 is 2.00 bits per heavy atom. The fraction of sp³-hybridized carbons (Fsp3) is 0.467. The van der Waals surface area contributed by atoms with E-state index in [2.05, 4.69) is 22.6 Å². The predicted molar refractivity (Wildman–Crippen MR) is 78.0 cm³/mol. The normalized spacial score (nSPS) is 8.21. The number of nitrogens with two attached hydrogens (primary N) is 1. The van der Waals surface area contributed by atoms with Crippen LogP contribution in [0, 0.1) is 0 Å². The van der Waals surface area contributed by atoms with Crippen LogP contribution in [0.25, 0.3) is 0 Å². The lowest BCUT2D eigenvalue weighted by Gasteiger charge is -1.98. The van der Waals surface area contributed by atoms with Crippen LogP contribution in [0.15, 0.2) is 30.3 Å². The van der Waals surface area contributed by atoms with E-state index in [-0.39, 0.29) is 0 Å². The van der Waals surface area contributed by atoms with Gasteiger partial charge in [-0.3, -0.25) is 4.79 Å². The summed E-state index contributed by atoms with van der Waals surface area (Å²) in [5, 5.41) is 0. The molecule has 0 aromatic heterocycles. The van der Waals surface area contributed by atoms with Crippen LogP contribution < -0.4 is 5.73 Å². The third-order valence-electron chi connectivity index (χ3n) is 2.13. The summed E-state index contributed by atoms with van der Waals surface area (Å²) in [7, 11) is 1.22. The van der Waals surface area contributed by atoms with Gasteiger partial charge in [0.25, 0.3) is 0 Å². The van der Waals surface area contributed by atoms with Crippen molar-refractivity contribution in [3.8, 4) is 0 Å². The van der Waals surface area contributed by atoms with Gasteiger partial charge in [-0.25, -0.2) is 4.79 Å². The Morgan fingerprint density at radius 1 is 1.16 bits per heavy atom. The molecule has 0 atom stereocenters. The first-order chi connectivity index (χ1) is 9.10. The van der Waals surface area contributed by atoms with Crippen molar-refractivity contribution < 1.29 is 14.3 Å². The maximum Gasteiger partial charge on any atom is 0.404 e. The second kappa shape index (κ2) is 14.2. The molecule has 1 rings (SSSR count). The maximum atomic E-state index is 11.0. The van der Waals surface area contributed by atoms with Crippen LogP contribution in [0.2, 0.25) is 0 Å². The van der Waals surface area contributed by atoms with Crippen LogP contribution in [0.3, 0.4) is 0 Å². The van der Waals surface area contributed by atoms with Gasteiger partial charge >= 0.3 is 6.09 Å². The molecule has 0 aliphatic carbocycles. The molecule has 19 heavy (non-hydrogen) atoms. The lowest BCUT2D eigenvalue weighted by molar-refractivity contribution is -0.118. The molecule has 0 aliphatic rings. The van der Waals surface area contributed by atoms with Crippen LogP contribution in [0.1, 0.15) is 39.2 Å². The number of benzene rings is 1. The molecule has 1 aromatic carbocycles. The van der Waals surface area contributed by atoms with Crippen molar-refractivity contribution in [2.45, 2.75) is 40.0 Å². The maximum absolute atomic E-state index is 11.0. The first kappa shape index (κ1) is 19.5. The predicted octanol–water partition coefficient (Wildman–Crippen LogP) is 3.34. The minimum absolute atomic E-state index is 0.346. The van der Waals surface area contributed by atoms with E-state index in [1.165, 1.54) is 12.7 Å². The molecule has 0 saturated carbocycles. The third-order valence-corrected chi connectivity index (χ3v) is 2.13. The number of aryl methyl sites for hydroxylation is 1. The molecule has 0 aliphatic heterocycles. The van der Waals surface area contributed by atoms with E-state index in [1.54, 1.807) is 0 Å². The topological polar surface area (TPSA) is 69.4 Å². The minimum Gasteiger partial charge on any atom is -0.453 e. The molecule has 1 aromatic rings. The summed E-state index contributed by atoms with van der Waals surface area (Å²) in [6.45, 7) is 5.91. The summed E-state index contributed by atoms with van der Waals surface area (Å²) in [4.78, 5) is 20.4. The monoisotopic (exact) mass is 267 g/mol. The summed E-state index contributed by atoms with van der Waals surface area (Å²) in [6, 6.07) is 10.1. The van der Waals surface area contributed by atoms with Crippen molar-refractivity contribution in [1.29, 1.82) is 0 Å². The van der Waals surface area contributed by atoms with Crippen molar-refractivity contribution in [1.82, 2.24) is 0 Å². The van der Waals surface area contributed by atoms with E-state index in [1.807, 2.05) is 39.0 Å². The molecule has 0 fully saturated rings. The van der Waals surface area contributed by atoms with Crippen molar-refractivity contribution >= 4 is 11.9 Å². The molecular formula is C15H25NO3. The standard InChI is InChI=1S/C11H14O.C2H5NO2.C2H6/c1-2-11(12)9-8-10-6-4-3-5-7-10;1-5-2(3)4;1-2/h3-7H,2,8-9H2,1H3;1H3,(H2,3,4);1-2H3. The van der Waals surface area contributed by atoms with Gasteiger partial charge in [0.1, 0.15) is 5.78 Å². The molecule has 2 N–H and O–H groups in total. The number of ketones is 1. The summed E-state index contributed by atoms with van der Waals surface area (Å²) < 4.78 is 3.89. The number of rotatable bonds is 4. The van der Waals surface area contributed by atoms with Gasteiger partial charge in [-0.05, 0) is 12.0 Å².